The zero-order chi connectivity index (χ0) is 22.2. The number of thiophene rings is 1. The summed E-state index contributed by atoms with van der Waals surface area (Å²) in [5.41, 5.74) is 1.58. The van der Waals surface area contributed by atoms with E-state index in [1.807, 2.05) is 17.0 Å². The number of aromatic nitrogens is 3. The molecule has 11 heteroatoms. The third kappa shape index (κ3) is 4.36. The van der Waals surface area contributed by atoms with Gasteiger partial charge in [-0.25, -0.2) is 9.78 Å². The van der Waals surface area contributed by atoms with Gasteiger partial charge in [0.15, 0.2) is 11.5 Å². The topological polar surface area (TPSA) is 69.5 Å². The maximum Gasteiger partial charge on any atom is 0.425 e. The lowest BCUT2D eigenvalue weighted by atomic mass is 9.99. The summed E-state index contributed by atoms with van der Waals surface area (Å²) in [6, 6.07) is 6.21. The minimum absolute atomic E-state index is 0.0142. The Morgan fingerprint density at radius 3 is 2.45 bits per heavy atom. The first-order valence-corrected chi connectivity index (χ1v) is 10.2. The van der Waals surface area contributed by atoms with Crippen LogP contribution in [0.25, 0.3) is 0 Å². The molecule has 1 aliphatic heterocycles. The van der Waals surface area contributed by atoms with Gasteiger partial charge in [-0.1, -0.05) is 0 Å². The van der Waals surface area contributed by atoms with Gasteiger partial charge in [-0.15, -0.1) is 11.3 Å². The molecule has 0 bridgehead atoms. The first kappa shape index (κ1) is 21.2. The number of methoxy groups -OCH3 is 2. The van der Waals surface area contributed by atoms with Crippen molar-refractivity contribution in [3.05, 3.63) is 62.0 Å². The van der Waals surface area contributed by atoms with Gasteiger partial charge in [0.05, 0.1) is 20.8 Å². The smallest absolute Gasteiger partial charge is 0.425 e. The Balaban J connectivity index is 1.52. The van der Waals surface area contributed by atoms with Crippen LogP contribution < -0.4 is 20.1 Å². The fourth-order valence-electron chi connectivity index (χ4n) is 3.45. The Bertz CT molecular complexity index is 1160. The third-order valence-electron chi connectivity index (χ3n) is 5.02. The molecule has 3 aromatic rings. The van der Waals surface area contributed by atoms with Gasteiger partial charge in [-0.05, 0) is 41.8 Å². The first-order chi connectivity index (χ1) is 14.8. The average molecular weight is 452 g/mol. The average Bonchev–Trinajstić information content (AvgIpc) is 3.23. The Morgan fingerprint density at radius 1 is 1.13 bits per heavy atom. The standard InChI is InChI=1S/C20H19F3N4O3S/c1-29-15-7-12-5-6-26(9-13(12)8-16(15)30-2)18-24-11-27(19(28)25-18)10-14-3-4-17(31-14)20(21,22)23/h3-4,7-8,11H,5-6,9-10H2,1-2H3. The Hall–Kier alpha value is -3.08. The highest BCUT2D eigenvalue weighted by molar-refractivity contribution is 7.12. The molecule has 0 saturated heterocycles. The first-order valence-electron chi connectivity index (χ1n) is 9.36. The summed E-state index contributed by atoms with van der Waals surface area (Å²) in [6.07, 6.45) is -2.36. The van der Waals surface area contributed by atoms with Crippen LogP contribution in [-0.4, -0.2) is 35.3 Å². The molecule has 4 rings (SSSR count). The van der Waals surface area contributed by atoms with Gasteiger partial charge < -0.3 is 14.4 Å². The molecular formula is C20H19F3N4O3S. The SMILES string of the molecule is COc1cc2c(cc1OC)CN(c1ncn(Cc3ccc(C(F)(F)F)s3)c(=O)n1)CC2. The predicted octanol–water partition coefficient (Wildman–Crippen LogP) is 3.35. The molecule has 0 radical (unpaired) electrons. The molecule has 0 fully saturated rings. The maximum absolute atomic E-state index is 12.8. The van der Waals surface area contributed by atoms with Crippen molar-refractivity contribution < 1.29 is 22.6 Å². The van der Waals surface area contributed by atoms with Crippen molar-refractivity contribution in [2.75, 3.05) is 25.7 Å². The normalized spacial score (nSPS) is 13.8. The maximum atomic E-state index is 12.8. The highest BCUT2D eigenvalue weighted by atomic mass is 32.1. The van der Waals surface area contributed by atoms with Crippen molar-refractivity contribution in [2.24, 2.45) is 0 Å². The van der Waals surface area contributed by atoms with Crippen LogP contribution in [-0.2, 0) is 25.7 Å². The van der Waals surface area contributed by atoms with Crippen LogP contribution in [0.3, 0.4) is 0 Å². The molecule has 0 N–H and O–H groups in total. The number of alkyl halides is 3. The van der Waals surface area contributed by atoms with Crippen LogP contribution in [0.1, 0.15) is 20.9 Å². The van der Waals surface area contributed by atoms with E-state index in [2.05, 4.69) is 9.97 Å². The summed E-state index contributed by atoms with van der Waals surface area (Å²) in [5, 5.41) is 0. The molecule has 0 aliphatic carbocycles. The van der Waals surface area contributed by atoms with E-state index in [0.29, 0.717) is 40.8 Å². The predicted molar refractivity (Wildman–Crippen MR) is 109 cm³/mol. The number of ether oxygens (including phenoxy) is 2. The summed E-state index contributed by atoms with van der Waals surface area (Å²) in [6.45, 7) is 1.10. The second-order valence-electron chi connectivity index (χ2n) is 6.98. The zero-order valence-corrected chi connectivity index (χ0v) is 17.6. The van der Waals surface area contributed by atoms with E-state index in [-0.39, 0.29) is 12.5 Å². The van der Waals surface area contributed by atoms with Gasteiger partial charge in [-0.2, -0.15) is 18.2 Å². The number of halogens is 3. The van der Waals surface area contributed by atoms with E-state index in [4.69, 9.17) is 9.47 Å². The number of hydrogen-bond donors (Lipinski definition) is 0. The van der Waals surface area contributed by atoms with Gasteiger partial charge in [0.25, 0.3) is 0 Å². The van der Waals surface area contributed by atoms with E-state index < -0.39 is 16.7 Å². The number of hydrogen-bond acceptors (Lipinski definition) is 7. The fourth-order valence-corrected chi connectivity index (χ4v) is 4.32. The van der Waals surface area contributed by atoms with E-state index in [1.54, 1.807) is 14.2 Å². The van der Waals surface area contributed by atoms with E-state index in [1.165, 1.54) is 17.0 Å². The lowest BCUT2D eigenvalue weighted by molar-refractivity contribution is -0.134. The van der Waals surface area contributed by atoms with Gasteiger partial charge in [-0.3, -0.25) is 4.57 Å². The third-order valence-corrected chi connectivity index (χ3v) is 6.14. The molecule has 0 saturated carbocycles. The van der Waals surface area contributed by atoms with Crippen LogP contribution in [0, 0.1) is 0 Å². The molecular weight excluding hydrogens is 433 g/mol. The zero-order valence-electron chi connectivity index (χ0n) is 16.8. The fraction of sp³-hybridized carbons (Fsp3) is 0.350. The molecule has 0 spiro atoms. The minimum atomic E-state index is -4.40. The van der Waals surface area contributed by atoms with Crippen molar-refractivity contribution >= 4 is 17.3 Å². The van der Waals surface area contributed by atoms with Gasteiger partial charge in [0.2, 0.25) is 5.95 Å². The molecule has 1 aromatic carbocycles. The van der Waals surface area contributed by atoms with Gasteiger partial charge >= 0.3 is 11.9 Å². The molecule has 1 aliphatic rings. The van der Waals surface area contributed by atoms with E-state index in [0.717, 1.165) is 23.6 Å². The Kier molecular flexibility index (Phi) is 5.61. The summed E-state index contributed by atoms with van der Waals surface area (Å²) in [7, 11) is 3.15. The second kappa shape index (κ2) is 8.22. The Labute approximate surface area is 179 Å². The number of nitrogens with zero attached hydrogens (tertiary/aromatic N) is 4. The number of anilines is 1. The van der Waals surface area contributed by atoms with Crippen LogP contribution in [0.5, 0.6) is 11.5 Å². The van der Waals surface area contributed by atoms with Gasteiger partial charge in [0.1, 0.15) is 11.2 Å². The lowest BCUT2D eigenvalue weighted by Crippen LogP contribution is -2.35. The van der Waals surface area contributed by atoms with Crippen molar-refractivity contribution in [3.8, 4) is 11.5 Å². The van der Waals surface area contributed by atoms with Crippen LogP contribution in [0.2, 0.25) is 0 Å². The molecule has 164 valence electrons. The molecule has 3 heterocycles. The summed E-state index contributed by atoms with van der Waals surface area (Å²) < 4.78 is 50.2. The van der Waals surface area contributed by atoms with E-state index in [9.17, 15) is 18.0 Å². The van der Waals surface area contributed by atoms with Crippen LogP contribution >= 0.6 is 11.3 Å². The monoisotopic (exact) mass is 452 g/mol. The van der Waals surface area contributed by atoms with Crippen molar-refractivity contribution in [1.29, 1.82) is 0 Å². The number of fused-ring (bicyclic) bond motifs is 1. The number of benzene rings is 1. The molecule has 2 aromatic heterocycles. The molecule has 0 unspecified atom stereocenters. The van der Waals surface area contributed by atoms with Crippen LogP contribution in [0.15, 0.2) is 35.4 Å². The second-order valence-corrected chi connectivity index (χ2v) is 8.15. The molecule has 31 heavy (non-hydrogen) atoms. The minimum Gasteiger partial charge on any atom is -0.493 e. The molecule has 0 atom stereocenters. The summed E-state index contributed by atoms with van der Waals surface area (Å²) in [4.78, 5) is 22.3. The molecule has 7 nitrogen and oxygen atoms in total. The number of rotatable bonds is 5. The summed E-state index contributed by atoms with van der Waals surface area (Å²) >= 11 is 0.602. The van der Waals surface area contributed by atoms with Crippen molar-refractivity contribution in [3.63, 3.8) is 0 Å². The van der Waals surface area contributed by atoms with Crippen LogP contribution in [0.4, 0.5) is 19.1 Å². The van der Waals surface area contributed by atoms with Gasteiger partial charge in [0, 0.05) is 18.0 Å². The highest BCUT2D eigenvalue weighted by Gasteiger charge is 2.32. The van der Waals surface area contributed by atoms with Crippen molar-refractivity contribution in [1.82, 2.24) is 14.5 Å². The lowest BCUT2D eigenvalue weighted by Gasteiger charge is -2.29. The summed E-state index contributed by atoms with van der Waals surface area (Å²) in [5.74, 6) is 1.56. The largest absolute Gasteiger partial charge is 0.493 e. The molecule has 0 amide bonds. The Morgan fingerprint density at radius 2 is 1.84 bits per heavy atom. The quantitative estimate of drug-likeness (QED) is 0.592. The van der Waals surface area contributed by atoms with Crippen molar-refractivity contribution in [2.45, 2.75) is 25.7 Å². The highest BCUT2D eigenvalue weighted by Crippen LogP contribution is 2.35. The van der Waals surface area contributed by atoms with E-state index >= 15 is 0 Å².